The maximum absolute atomic E-state index is 3.92. The maximum Gasteiger partial charge on any atom is 0.0309 e. The van der Waals surface area contributed by atoms with E-state index in [2.05, 4.69) is 37.9 Å². The Bertz CT molecular complexity index is 325. The van der Waals surface area contributed by atoms with Gasteiger partial charge in [-0.25, -0.2) is 0 Å². The number of hydrogen-bond acceptors (Lipinski definition) is 2. The Hall–Kier alpha value is -0.0800. The number of rotatable bonds is 4. The van der Waals surface area contributed by atoms with Crippen LogP contribution in [0.25, 0.3) is 0 Å². The van der Waals surface area contributed by atoms with E-state index in [-0.39, 0.29) is 0 Å². The Morgan fingerprint density at radius 1 is 1.26 bits per heavy atom. The van der Waals surface area contributed by atoms with Crippen molar-refractivity contribution in [1.82, 2.24) is 10.2 Å². The van der Waals surface area contributed by atoms with E-state index < -0.39 is 0 Å². The predicted molar refractivity (Wildman–Crippen MR) is 81.3 cm³/mol. The summed E-state index contributed by atoms with van der Waals surface area (Å²) in [5.41, 5.74) is 0.941. The van der Waals surface area contributed by atoms with Crippen molar-refractivity contribution in [2.75, 3.05) is 13.1 Å². The lowest BCUT2D eigenvalue weighted by atomic mass is 9.70. The summed E-state index contributed by atoms with van der Waals surface area (Å²) in [6.07, 6.45) is 8.56. The van der Waals surface area contributed by atoms with Gasteiger partial charge in [-0.05, 0) is 57.3 Å². The second-order valence-corrected chi connectivity index (χ2v) is 7.94. The van der Waals surface area contributed by atoms with Crippen molar-refractivity contribution < 1.29 is 0 Å². The molecule has 19 heavy (non-hydrogen) atoms. The molecule has 3 rings (SSSR count). The first-order valence-electron chi connectivity index (χ1n) is 8.52. The van der Waals surface area contributed by atoms with Crippen molar-refractivity contribution in [3.8, 4) is 0 Å². The largest absolute Gasteiger partial charge is 0.308 e. The van der Waals surface area contributed by atoms with Gasteiger partial charge in [0.2, 0.25) is 0 Å². The summed E-state index contributed by atoms with van der Waals surface area (Å²) >= 11 is 0. The highest BCUT2D eigenvalue weighted by molar-refractivity contribution is 5.10. The lowest BCUT2D eigenvalue weighted by Gasteiger charge is -2.59. The molecule has 1 aliphatic heterocycles. The predicted octanol–water partition coefficient (Wildman–Crippen LogP) is 3.42. The first kappa shape index (κ1) is 13.9. The highest BCUT2D eigenvalue weighted by atomic mass is 15.3. The number of piperazine rings is 1. The van der Waals surface area contributed by atoms with Crippen LogP contribution < -0.4 is 5.32 Å². The molecular weight excluding hydrogens is 232 g/mol. The summed E-state index contributed by atoms with van der Waals surface area (Å²) in [5.74, 6) is 1.71. The van der Waals surface area contributed by atoms with E-state index in [1.54, 1.807) is 0 Å². The molecule has 2 saturated carbocycles. The van der Waals surface area contributed by atoms with E-state index in [1.165, 1.54) is 51.6 Å². The van der Waals surface area contributed by atoms with Gasteiger partial charge in [-0.2, -0.15) is 0 Å². The van der Waals surface area contributed by atoms with Crippen molar-refractivity contribution in [3.63, 3.8) is 0 Å². The molecule has 0 spiro atoms. The van der Waals surface area contributed by atoms with Gasteiger partial charge in [-0.1, -0.05) is 20.8 Å². The van der Waals surface area contributed by atoms with Crippen molar-refractivity contribution >= 4 is 0 Å². The normalized spacial score (nSPS) is 39.3. The fraction of sp³-hybridized carbons (Fsp3) is 1.00. The van der Waals surface area contributed by atoms with Crippen LogP contribution in [-0.4, -0.2) is 35.1 Å². The van der Waals surface area contributed by atoms with Crippen LogP contribution in [-0.2, 0) is 0 Å². The van der Waals surface area contributed by atoms with Gasteiger partial charge in [0.1, 0.15) is 0 Å². The topological polar surface area (TPSA) is 15.3 Å². The Morgan fingerprint density at radius 2 is 1.95 bits per heavy atom. The summed E-state index contributed by atoms with van der Waals surface area (Å²) in [4.78, 5) is 2.94. The highest BCUT2D eigenvalue weighted by Crippen LogP contribution is 2.48. The average Bonchev–Trinajstić information content (AvgIpc) is 3.12. The van der Waals surface area contributed by atoms with E-state index in [1.807, 2.05) is 0 Å². The van der Waals surface area contributed by atoms with Crippen LogP contribution in [0.15, 0.2) is 0 Å². The number of nitrogens with one attached hydrogen (secondary N) is 1. The molecule has 0 bridgehead atoms. The fourth-order valence-corrected chi connectivity index (χ4v) is 4.51. The molecule has 0 aromatic heterocycles. The van der Waals surface area contributed by atoms with Crippen molar-refractivity contribution in [2.24, 2.45) is 11.8 Å². The standard InChI is InChI=1S/C17H32N2/c1-5-17(9-6-10-17)19-12-16(4,14-7-8-14)18-11-15(19)13(2)3/h13-15,18H,5-12H2,1-4H3. The van der Waals surface area contributed by atoms with E-state index in [0.29, 0.717) is 11.1 Å². The van der Waals surface area contributed by atoms with Crippen LogP contribution in [0.1, 0.15) is 66.2 Å². The summed E-state index contributed by atoms with van der Waals surface area (Å²) in [7, 11) is 0. The molecule has 1 N–H and O–H groups in total. The minimum absolute atomic E-state index is 0.392. The lowest BCUT2D eigenvalue weighted by molar-refractivity contribution is -0.0754. The second-order valence-electron chi connectivity index (χ2n) is 7.94. The third-order valence-electron chi connectivity index (χ3n) is 6.41. The van der Waals surface area contributed by atoms with Gasteiger partial charge in [0, 0.05) is 30.2 Å². The molecule has 2 aliphatic carbocycles. The molecule has 2 unspecified atom stereocenters. The molecule has 3 fully saturated rings. The molecule has 2 heteroatoms. The zero-order valence-electron chi connectivity index (χ0n) is 13.3. The van der Waals surface area contributed by atoms with Crippen molar-refractivity contribution in [1.29, 1.82) is 0 Å². The highest BCUT2D eigenvalue weighted by Gasteiger charge is 2.52. The van der Waals surface area contributed by atoms with Crippen molar-refractivity contribution in [2.45, 2.75) is 83.3 Å². The van der Waals surface area contributed by atoms with Gasteiger partial charge < -0.3 is 5.32 Å². The Balaban J connectivity index is 1.82. The summed E-state index contributed by atoms with van der Waals surface area (Å²) in [5, 5.41) is 3.92. The van der Waals surface area contributed by atoms with Crippen LogP contribution in [0.3, 0.4) is 0 Å². The van der Waals surface area contributed by atoms with E-state index >= 15 is 0 Å². The Kier molecular flexibility index (Phi) is 3.46. The van der Waals surface area contributed by atoms with Crippen LogP contribution >= 0.6 is 0 Å². The van der Waals surface area contributed by atoms with E-state index in [9.17, 15) is 0 Å². The molecule has 1 saturated heterocycles. The molecule has 0 aromatic rings. The first-order chi connectivity index (χ1) is 9.01. The van der Waals surface area contributed by atoms with Gasteiger partial charge in [-0.3, -0.25) is 4.90 Å². The van der Waals surface area contributed by atoms with Gasteiger partial charge in [0.05, 0.1) is 0 Å². The van der Waals surface area contributed by atoms with Crippen LogP contribution in [0, 0.1) is 11.8 Å². The fourth-order valence-electron chi connectivity index (χ4n) is 4.51. The monoisotopic (exact) mass is 264 g/mol. The maximum atomic E-state index is 3.92. The zero-order chi connectivity index (χ0) is 13.7. The van der Waals surface area contributed by atoms with Gasteiger partial charge >= 0.3 is 0 Å². The zero-order valence-corrected chi connectivity index (χ0v) is 13.3. The molecule has 1 heterocycles. The molecule has 110 valence electrons. The Labute approximate surface area is 119 Å². The number of nitrogens with zero attached hydrogens (tertiary/aromatic N) is 1. The molecule has 3 aliphatic rings. The first-order valence-corrected chi connectivity index (χ1v) is 8.52. The van der Waals surface area contributed by atoms with E-state index in [4.69, 9.17) is 0 Å². The molecular formula is C17H32N2. The van der Waals surface area contributed by atoms with Gasteiger partial charge in [0.15, 0.2) is 0 Å². The molecule has 0 amide bonds. The van der Waals surface area contributed by atoms with Crippen LogP contribution in [0.4, 0.5) is 0 Å². The SMILES string of the molecule is CCC1(N2CC(C)(C3CC3)NCC2C(C)C)CCC1. The van der Waals surface area contributed by atoms with Crippen molar-refractivity contribution in [3.05, 3.63) is 0 Å². The summed E-state index contributed by atoms with van der Waals surface area (Å²) < 4.78 is 0. The minimum atomic E-state index is 0.392. The smallest absolute Gasteiger partial charge is 0.0309 e. The number of hydrogen-bond donors (Lipinski definition) is 1. The minimum Gasteiger partial charge on any atom is -0.308 e. The molecule has 0 radical (unpaired) electrons. The van der Waals surface area contributed by atoms with Crippen LogP contribution in [0.2, 0.25) is 0 Å². The quantitative estimate of drug-likeness (QED) is 0.837. The Morgan fingerprint density at radius 3 is 2.37 bits per heavy atom. The van der Waals surface area contributed by atoms with E-state index in [0.717, 1.165) is 17.9 Å². The second kappa shape index (κ2) is 4.73. The molecule has 2 nitrogen and oxygen atoms in total. The summed E-state index contributed by atoms with van der Waals surface area (Å²) in [6.45, 7) is 12.2. The van der Waals surface area contributed by atoms with Gasteiger partial charge in [0.25, 0.3) is 0 Å². The summed E-state index contributed by atoms with van der Waals surface area (Å²) in [6, 6.07) is 0.743. The molecule has 2 atom stereocenters. The third kappa shape index (κ3) is 2.25. The lowest BCUT2D eigenvalue weighted by Crippen LogP contribution is -2.71. The van der Waals surface area contributed by atoms with Crippen LogP contribution in [0.5, 0.6) is 0 Å². The van der Waals surface area contributed by atoms with Gasteiger partial charge in [-0.15, -0.1) is 0 Å². The molecule has 0 aromatic carbocycles. The average molecular weight is 264 g/mol. The third-order valence-corrected chi connectivity index (χ3v) is 6.41.